The van der Waals surface area contributed by atoms with Crippen LogP contribution in [-0.2, 0) is 9.59 Å². The molecule has 0 aliphatic carbocycles. The quantitative estimate of drug-likeness (QED) is 0.692. The van der Waals surface area contributed by atoms with Gasteiger partial charge in [-0.15, -0.1) is 0 Å². The predicted octanol–water partition coefficient (Wildman–Crippen LogP) is 0.729. The molecular formula is C11H13N3O2. The number of nitrogens with one attached hydrogen (secondary N) is 1. The Balaban J connectivity index is 3.32. The molecule has 0 aromatic heterocycles. The van der Waals surface area contributed by atoms with Crippen LogP contribution in [0.3, 0.4) is 0 Å². The highest BCUT2D eigenvalue weighted by atomic mass is 16.2. The maximum atomic E-state index is 11.6. The standard InChI is InChI=1S/C11H13N3O2/c1-3-11(4-2)7(5-12)9(15)14-10(16)8(11)6-13/h7-8H,3-4H2,1-2H3,(H,14,15,16)/t7-,8+. The summed E-state index contributed by atoms with van der Waals surface area (Å²) in [5, 5.41) is 20.1. The molecule has 1 aliphatic heterocycles. The first-order valence-electron chi connectivity index (χ1n) is 5.21. The lowest BCUT2D eigenvalue weighted by Gasteiger charge is -2.41. The SMILES string of the molecule is CCC1(CC)[C@H](C#N)C(=O)NC(=O)[C@@H]1C#N. The summed E-state index contributed by atoms with van der Waals surface area (Å²) in [5.41, 5.74) is -0.844. The molecule has 1 aliphatic rings. The summed E-state index contributed by atoms with van der Waals surface area (Å²) in [6, 6.07) is 3.83. The molecule has 0 radical (unpaired) electrons. The van der Waals surface area contributed by atoms with Crippen LogP contribution in [0.15, 0.2) is 0 Å². The third kappa shape index (κ3) is 1.45. The van der Waals surface area contributed by atoms with E-state index in [1.54, 1.807) is 13.8 Å². The van der Waals surface area contributed by atoms with Crippen molar-refractivity contribution >= 4 is 11.8 Å². The van der Waals surface area contributed by atoms with E-state index < -0.39 is 29.1 Å². The van der Waals surface area contributed by atoms with Crippen LogP contribution in [0.1, 0.15) is 26.7 Å². The number of nitrogens with zero attached hydrogens (tertiary/aromatic N) is 2. The molecule has 0 aromatic carbocycles. The van der Waals surface area contributed by atoms with Gasteiger partial charge in [-0.05, 0) is 12.8 Å². The van der Waals surface area contributed by atoms with Gasteiger partial charge in [0.15, 0.2) is 0 Å². The van der Waals surface area contributed by atoms with Gasteiger partial charge in [-0.25, -0.2) is 0 Å². The molecule has 2 amide bonds. The van der Waals surface area contributed by atoms with Crippen molar-refractivity contribution < 1.29 is 9.59 Å². The zero-order chi connectivity index (χ0) is 12.3. The molecular weight excluding hydrogens is 206 g/mol. The van der Waals surface area contributed by atoms with Crippen LogP contribution in [0, 0.1) is 39.9 Å². The summed E-state index contributed by atoms with van der Waals surface area (Å²) in [6.45, 7) is 3.59. The van der Waals surface area contributed by atoms with Crippen molar-refractivity contribution in [3.05, 3.63) is 0 Å². The molecule has 0 spiro atoms. The van der Waals surface area contributed by atoms with E-state index in [2.05, 4.69) is 5.32 Å². The smallest absolute Gasteiger partial charge is 0.244 e. The monoisotopic (exact) mass is 219 g/mol. The van der Waals surface area contributed by atoms with Crippen molar-refractivity contribution in [3.63, 3.8) is 0 Å². The molecule has 1 rings (SSSR count). The second kappa shape index (κ2) is 4.32. The van der Waals surface area contributed by atoms with Crippen LogP contribution in [0.2, 0.25) is 0 Å². The van der Waals surface area contributed by atoms with E-state index in [0.29, 0.717) is 12.8 Å². The van der Waals surface area contributed by atoms with Gasteiger partial charge in [0.05, 0.1) is 12.1 Å². The molecule has 16 heavy (non-hydrogen) atoms. The number of amides is 2. The van der Waals surface area contributed by atoms with Crippen LogP contribution < -0.4 is 5.32 Å². The Bertz CT molecular complexity index is 364. The van der Waals surface area contributed by atoms with Gasteiger partial charge < -0.3 is 0 Å². The van der Waals surface area contributed by atoms with Gasteiger partial charge in [-0.3, -0.25) is 14.9 Å². The van der Waals surface area contributed by atoms with E-state index in [-0.39, 0.29) is 0 Å². The fourth-order valence-electron chi connectivity index (χ4n) is 2.40. The number of hydrogen-bond donors (Lipinski definition) is 1. The highest BCUT2D eigenvalue weighted by Gasteiger charge is 2.54. The van der Waals surface area contributed by atoms with Gasteiger partial charge in [0.1, 0.15) is 11.8 Å². The van der Waals surface area contributed by atoms with E-state index in [9.17, 15) is 9.59 Å². The predicted molar refractivity (Wildman–Crippen MR) is 54.4 cm³/mol. The van der Waals surface area contributed by atoms with Crippen LogP contribution in [0.5, 0.6) is 0 Å². The largest absolute Gasteiger partial charge is 0.294 e. The second-order valence-corrected chi connectivity index (χ2v) is 3.92. The number of rotatable bonds is 2. The molecule has 0 bridgehead atoms. The summed E-state index contributed by atoms with van der Waals surface area (Å²) >= 11 is 0. The fraction of sp³-hybridized carbons (Fsp3) is 0.636. The van der Waals surface area contributed by atoms with Crippen molar-refractivity contribution in [2.45, 2.75) is 26.7 Å². The first kappa shape index (κ1) is 12.2. The highest BCUT2D eigenvalue weighted by Crippen LogP contribution is 2.44. The average molecular weight is 219 g/mol. The topological polar surface area (TPSA) is 93.8 Å². The van der Waals surface area contributed by atoms with E-state index in [1.165, 1.54) is 0 Å². The summed E-state index contributed by atoms with van der Waals surface area (Å²) < 4.78 is 0. The lowest BCUT2D eigenvalue weighted by Crippen LogP contribution is -2.57. The van der Waals surface area contributed by atoms with Crippen molar-refractivity contribution in [3.8, 4) is 12.1 Å². The summed E-state index contributed by atoms with van der Waals surface area (Å²) in [6.07, 6.45) is 0.915. The van der Waals surface area contributed by atoms with Crippen molar-refractivity contribution in [2.24, 2.45) is 17.3 Å². The molecule has 0 saturated carbocycles. The number of nitriles is 2. The first-order valence-corrected chi connectivity index (χ1v) is 5.21. The molecule has 1 heterocycles. The van der Waals surface area contributed by atoms with Gasteiger partial charge in [0.2, 0.25) is 11.8 Å². The number of carbonyl (C=O) groups excluding carboxylic acids is 2. The van der Waals surface area contributed by atoms with Crippen LogP contribution in [0.25, 0.3) is 0 Å². The van der Waals surface area contributed by atoms with Crippen molar-refractivity contribution in [1.82, 2.24) is 5.32 Å². The molecule has 5 nitrogen and oxygen atoms in total. The highest BCUT2D eigenvalue weighted by molar-refractivity contribution is 6.03. The summed E-state index contributed by atoms with van der Waals surface area (Å²) in [7, 11) is 0. The summed E-state index contributed by atoms with van der Waals surface area (Å²) in [5.74, 6) is -3.01. The number of hydrogen-bond acceptors (Lipinski definition) is 4. The maximum Gasteiger partial charge on any atom is 0.244 e. The Morgan fingerprint density at radius 2 is 1.50 bits per heavy atom. The van der Waals surface area contributed by atoms with Gasteiger partial charge in [0.25, 0.3) is 0 Å². The zero-order valence-corrected chi connectivity index (χ0v) is 9.28. The summed E-state index contributed by atoms with van der Waals surface area (Å²) in [4.78, 5) is 23.1. The molecule has 84 valence electrons. The molecule has 1 fully saturated rings. The number of carbonyl (C=O) groups is 2. The molecule has 2 atom stereocenters. The normalized spacial score (nSPS) is 27.8. The lowest BCUT2D eigenvalue weighted by atomic mass is 9.61. The Hall–Kier alpha value is -1.88. The van der Waals surface area contributed by atoms with E-state index in [1.807, 2.05) is 12.1 Å². The Labute approximate surface area is 94.0 Å². The third-order valence-electron chi connectivity index (χ3n) is 3.50. The minimum Gasteiger partial charge on any atom is -0.294 e. The van der Waals surface area contributed by atoms with Gasteiger partial charge >= 0.3 is 0 Å². The fourth-order valence-corrected chi connectivity index (χ4v) is 2.40. The van der Waals surface area contributed by atoms with Gasteiger partial charge in [-0.2, -0.15) is 10.5 Å². The van der Waals surface area contributed by atoms with E-state index >= 15 is 0 Å². The van der Waals surface area contributed by atoms with Crippen molar-refractivity contribution in [1.29, 1.82) is 10.5 Å². The van der Waals surface area contributed by atoms with E-state index in [0.717, 1.165) is 0 Å². The first-order chi connectivity index (χ1) is 7.57. The second-order valence-electron chi connectivity index (χ2n) is 3.92. The molecule has 0 unspecified atom stereocenters. The molecule has 1 N–H and O–H groups in total. The minimum absolute atomic E-state index is 0.457. The number of piperidine rings is 1. The number of imide groups is 1. The Kier molecular flexibility index (Phi) is 3.29. The third-order valence-corrected chi connectivity index (χ3v) is 3.50. The van der Waals surface area contributed by atoms with Gasteiger partial charge in [0, 0.05) is 5.41 Å². The lowest BCUT2D eigenvalue weighted by molar-refractivity contribution is -0.145. The van der Waals surface area contributed by atoms with Crippen LogP contribution >= 0.6 is 0 Å². The molecule has 1 saturated heterocycles. The average Bonchev–Trinajstić information content (AvgIpc) is 2.27. The molecule has 0 aromatic rings. The van der Waals surface area contributed by atoms with E-state index in [4.69, 9.17) is 10.5 Å². The Morgan fingerprint density at radius 3 is 1.75 bits per heavy atom. The van der Waals surface area contributed by atoms with Crippen LogP contribution in [0.4, 0.5) is 0 Å². The van der Waals surface area contributed by atoms with Gasteiger partial charge in [-0.1, -0.05) is 13.8 Å². The maximum absolute atomic E-state index is 11.6. The zero-order valence-electron chi connectivity index (χ0n) is 9.28. The molecule has 5 heteroatoms. The van der Waals surface area contributed by atoms with Crippen LogP contribution in [-0.4, -0.2) is 11.8 Å². The minimum atomic E-state index is -0.926. The van der Waals surface area contributed by atoms with Crippen molar-refractivity contribution in [2.75, 3.05) is 0 Å². The Morgan fingerprint density at radius 1 is 1.12 bits per heavy atom.